The van der Waals surface area contributed by atoms with Crippen LogP contribution in [0.5, 0.6) is 0 Å². The number of rotatable bonds is 5. The Kier molecular flexibility index (Phi) is 5.29. The topological polar surface area (TPSA) is 36.1 Å². The zero-order chi connectivity index (χ0) is 16.8. The van der Waals surface area contributed by atoms with Crippen molar-refractivity contribution in [1.29, 1.82) is 0 Å². The van der Waals surface area contributed by atoms with Gasteiger partial charge in [0.05, 0.1) is 0 Å². The van der Waals surface area contributed by atoms with E-state index in [-0.39, 0.29) is 0 Å². The average Bonchev–Trinajstić information content (AvgIpc) is 2.61. The Morgan fingerprint density at radius 1 is 0.875 bits per heavy atom. The van der Waals surface area contributed by atoms with E-state index < -0.39 is 0 Å². The van der Waals surface area contributed by atoms with E-state index >= 15 is 0 Å². The van der Waals surface area contributed by atoms with Crippen LogP contribution in [0.2, 0.25) is 0 Å². The summed E-state index contributed by atoms with van der Waals surface area (Å²) in [7, 11) is 0. The van der Waals surface area contributed by atoms with Crippen molar-refractivity contribution in [3.63, 3.8) is 0 Å². The number of hydrogen-bond acceptors (Lipinski definition) is 2. The first-order chi connectivity index (χ1) is 11.7. The molecule has 4 heteroatoms. The van der Waals surface area contributed by atoms with Crippen molar-refractivity contribution in [2.75, 3.05) is 23.7 Å². The van der Waals surface area contributed by atoms with Gasteiger partial charge in [0.25, 0.3) is 0 Å². The summed E-state index contributed by atoms with van der Waals surface area (Å²) in [4.78, 5) is 0. The van der Waals surface area contributed by atoms with Gasteiger partial charge in [0.15, 0.2) is 5.11 Å². The minimum Gasteiger partial charge on any atom is -0.383 e. The monoisotopic (exact) mass is 335 g/mol. The lowest BCUT2D eigenvalue weighted by atomic mass is 10.1. The minimum atomic E-state index is 0.638. The van der Waals surface area contributed by atoms with Crippen LogP contribution < -0.4 is 16.0 Å². The van der Waals surface area contributed by atoms with Crippen LogP contribution in [0.4, 0.5) is 11.4 Å². The fourth-order valence-corrected chi connectivity index (χ4v) is 2.78. The Bertz CT molecular complexity index is 822. The first kappa shape index (κ1) is 16.3. The molecule has 3 N–H and O–H groups in total. The second-order valence-electron chi connectivity index (χ2n) is 5.70. The van der Waals surface area contributed by atoms with Crippen molar-refractivity contribution in [2.24, 2.45) is 0 Å². The van der Waals surface area contributed by atoms with Crippen LogP contribution >= 0.6 is 12.2 Å². The number of fused-ring (bicyclic) bond motifs is 1. The Morgan fingerprint density at radius 2 is 1.62 bits per heavy atom. The second kappa shape index (κ2) is 7.79. The highest BCUT2D eigenvalue weighted by Gasteiger charge is 2.00. The summed E-state index contributed by atoms with van der Waals surface area (Å²) < 4.78 is 0. The van der Waals surface area contributed by atoms with E-state index in [2.05, 4.69) is 77.5 Å². The molecule has 0 spiro atoms. The van der Waals surface area contributed by atoms with Crippen LogP contribution in [0.15, 0.2) is 66.7 Å². The van der Waals surface area contributed by atoms with Crippen molar-refractivity contribution >= 4 is 39.5 Å². The number of aryl methyl sites for hydroxylation is 1. The van der Waals surface area contributed by atoms with Gasteiger partial charge < -0.3 is 16.0 Å². The molecule has 3 rings (SSSR count). The molecule has 3 nitrogen and oxygen atoms in total. The molecule has 0 amide bonds. The van der Waals surface area contributed by atoms with E-state index in [1.165, 1.54) is 16.3 Å². The zero-order valence-electron chi connectivity index (χ0n) is 13.7. The molecule has 0 unspecified atom stereocenters. The molecule has 0 aliphatic carbocycles. The van der Waals surface area contributed by atoms with Gasteiger partial charge in [-0.05, 0) is 42.7 Å². The van der Waals surface area contributed by atoms with Gasteiger partial charge in [0.2, 0.25) is 0 Å². The zero-order valence-corrected chi connectivity index (χ0v) is 14.5. The van der Waals surface area contributed by atoms with Crippen LogP contribution in [0, 0.1) is 6.92 Å². The third kappa shape index (κ3) is 4.24. The highest BCUT2D eigenvalue weighted by molar-refractivity contribution is 7.80. The molecular formula is C20H21N3S. The van der Waals surface area contributed by atoms with Crippen molar-refractivity contribution in [3.8, 4) is 0 Å². The molecular weight excluding hydrogens is 314 g/mol. The maximum atomic E-state index is 5.33. The highest BCUT2D eigenvalue weighted by Crippen LogP contribution is 2.22. The maximum absolute atomic E-state index is 5.33. The quantitative estimate of drug-likeness (QED) is 0.472. The molecule has 3 aromatic carbocycles. The highest BCUT2D eigenvalue weighted by atomic mass is 32.1. The van der Waals surface area contributed by atoms with E-state index in [9.17, 15) is 0 Å². The third-order valence-corrected chi connectivity index (χ3v) is 4.07. The van der Waals surface area contributed by atoms with E-state index in [0.29, 0.717) is 5.11 Å². The Labute approximate surface area is 148 Å². The normalized spacial score (nSPS) is 10.4. The molecule has 3 aromatic rings. The van der Waals surface area contributed by atoms with Gasteiger partial charge >= 0.3 is 0 Å². The van der Waals surface area contributed by atoms with Crippen molar-refractivity contribution in [3.05, 3.63) is 72.3 Å². The van der Waals surface area contributed by atoms with Crippen LogP contribution in [0.3, 0.4) is 0 Å². The Hall–Kier alpha value is -2.59. The first-order valence-corrected chi connectivity index (χ1v) is 8.46. The Balaban J connectivity index is 1.48. The summed E-state index contributed by atoms with van der Waals surface area (Å²) in [5.74, 6) is 0. The smallest absolute Gasteiger partial charge is 0.170 e. The summed E-state index contributed by atoms with van der Waals surface area (Å²) >= 11 is 5.33. The van der Waals surface area contributed by atoms with Crippen LogP contribution in [0.1, 0.15) is 5.56 Å². The summed E-state index contributed by atoms with van der Waals surface area (Å²) in [6.45, 7) is 3.62. The first-order valence-electron chi connectivity index (χ1n) is 8.05. The molecule has 0 radical (unpaired) electrons. The molecule has 0 atom stereocenters. The molecule has 0 bridgehead atoms. The molecule has 122 valence electrons. The molecule has 0 aliphatic heterocycles. The van der Waals surface area contributed by atoms with Gasteiger partial charge in [-0.2, -0.15) is 0 Å². The standard InChI is InChI=1S/C20H21N3S/c1-15-9-11-17(12-10-15)23-20(24)22-14-13-21-19-8-4-6-16-5-2-3-7-18(16)19/h2-12,21H,13-14H2,1H3,(H2,22,23,24). The summed E-state index contributed by atoms with van der Waals surface area (Å²) in [5.41, 5.74) is 3.38. The van der Waals surface area contributed by atoms with Crippen LogP contribution in [-0.2, 0) is 0 Å². The molecule has 0 heterocycles. The summed E-state index contributed by atoms with van der Waals surface area (Å²) in [6.07, 6.45) is 0. The molecule has 0 fully saturated rings. The van der Waals surface area contributed by atoms with Gasteiger partial charge in [-0.25, -0.2) is 0 Å². The van der Waals surface area contributed by atoms with Crippen molar-refractivity contribution in [2.45, 2.75) is 6.92 Å². The molecule has 0 saturated heterocycles. The Morgan fingerprint density at radius 3 is 2.46 bits per heavy atom. The predicted octanol–water partition coefficient (Wildman–Crippen LogP) is 4.55. The number of nitrogens with one attached hydrogen (secondary N) is 3. The van der Waals surface area contributed by atoms with E-state index in [1.807, 2.05) is 12.1 Å². The lowest BCUT2D eigenvalue weighted by Crippen LogP contribution is -2.32. The lowest BCUT2D eigenvalue weighted by molar-refractivity contribution is 0.917. The fraction of sp³-hybridized carbons (Fsp3) is 0.150. The maximum Gasteiger partial charge on any atom is 0.170 e. The van der Waals surface area contributed by atoms with Gasteiger partial charge in [0, 0.05) is 29.9 Å². The SMILES string of the molecule is Cc1ccc(NC(=S)NCCNc2cccc3ccccc23)cc1. The van der Waals surface area contributed by atoms with Gasteiger partial charge in [-0.3, -0.25) is 0 Å². The number of anilines is 2. The minimum absolute atomic E-state index is 0.638. The largest absolute Gasteiger partial charge is 0.383 e. The van der Waals surface area contributed by atoms with E-state index in [4.69, 9.17) is 12.2 Å². The van der Waals surface area contributed by atoms with Gasteiger partial charge in [0.1, 0.15) is 0 Å². The fourth-order valence-electron chi connectivity index (χ4n) is 2.56. The summed E-state index contributed by atoms with van der Waals surface area (Å²) in [5, 5.41) is 13.0. The second-order valence-corrected chi connectivity index (χ2v) is 6.11. The molecule has 0 aliphatic rings. The summed E-state index contributed by atoms with van der Waals surface area (Å²) in [6, 6.07) is 22.9. The lowest BCUT2D eigenvalue weighted by Gasteiger charge is -2.13. The number of benzene rings is 3. The number of hydrogen-bond donors (Lipinski definition) is 3. The van der Waals surface area contributed by atoms with Crippen molar-refractivity contribution < 1.29 is 0 Å². The van der Waals surface area contributed by atoms with Gasteiger partial charge in [-0.15, -0.1) is 0 Å². The van der Waals surface area contributed by atoms with Gasteiger partial charge in [-0.1, -0.05) is 54.1 Å². The number of thiocarbonyl (C=S) groups is 1. The van der Waals surface area contributed by atoms with Crippen molar-refractivity contribution in [1.82, 2.24) is 5.32 Å². The molecule has 24 heavy (non-hydrogen) atoms. The predicted molar refractivity (Wildman–Crippen MR) is 108 cm³/mol. The van der Waals surface area contributed by atoms with Crippen LogP contribution in [-0.4, -0.2) is 18.2 Å². The average molecular weight is 335 g/mol. The molecule has 0 aromatic heterocycles. The van der Waals surface area contributed by atoms with E-state index in [0.717, 1.165) is 24.5 Å². The van der Waals surface area contributed by atoms with E-state index in [1.54, 1.807) is 0 Å². The van der Waals surface area contributed by atoms with Crippen LogP contribution in [0.25, 0.3) is 10.8 Å². The molecule has 0 saturated carbocycles. The third-order valence-electron chi connectivity index (χ3n) is 3.83.